The highest BCUT2D eigenvalue weighted by Gasteiger charge is 2.25. The molecule has 0 aromatic carbocycles. The van der Waals surface area contributed by atoms with Gasteiger partial charge in [0, 0.05) is 19.5 Å². The molecule has 1 aromatic heterocycles. The van der Waals surface area contributed by atoms with E-state index in [4.69, 9.17) is 10.4 Å². The smallest absolute Gasteiger partial charge is 0.303 e. The SMILES string of the molecule is N#Cc1cnc(N2CCC(CC(=O)O)C2)cn1. The lowest BCUT2D eigenvalue weighted by Gasteiger charge is -2.16. The summed E-state index contributed by atoms with van der Waals surface area (Å²) in [6, 6.07) is 1.91. The molecule has 1 aliphatic rings. The summed E-state index contributed by atoms with van der Waals surface area (Å²) in [5.41, 5.74) is 0.287. The number of hydrogen-bond acceptors (Lipinski definition) is 5. The molecule has 6 heteroatoms. The average molecular weight is 232 g/mol. The molecule has 6 nitrogen and oxygen atoms in total. The van der Waals surface area contributed by atoms with Gasteiger partial charge in [-0.15, -0.1) is 0 Å². The quantitative estimate of drug-likeness (QED) is 0.822. The van der Waals surface area contributed by atoms with Crippen molar-refractivity contribution < 1.29 is 9.90 Å². The third-order valence-electron chi connectivity index (χ3n) is 2.83. The van der Waals surface area contributed by atoms with Crippen LogP contribution in [0.4, 0.5) is 5.82 Å². The van der Waals surface area contributed by atoms with Crippen LogP contribution in [0.15, 0.2) is 12.4 Å². The van der Waals surface area contributed by atoms with Crippen LogP contribution in [-0.4, -0.2) is 34.1 Å². The highest BCUT2D eigenvalue weighted by atomic mass is 16.4. The largest absolute Gasteiger partial charge is 0.481 e. The van der Waals surface area contributed by atoms with Crippen molar-refractivity contribution in [1.82, 2.24) is 9.97 Å². The van der Waals surface area contributed by atoms with Crippen LogP contribution in [0.1, 0.15) is 18.5 Å². The summed E-state index contributed by atoms with van der Waals surface area (Å²) < 4.78 is 0. The molecule has 17 heavy (non-hydrogen) atoms. The number of anilines is 1. The molecule has 1 fully saturated rings. The van der Waals surface area contributed by atoms with E-state index >= 15 is 0 Å². The molecule has 0 radical (unpaired) electrons. The predicted molar refractivity (Wildman–Crippen MR) is 59.3 cm³/mol. The summed E-state index contributed by atoms with van der Waals surface area (Å²) in [6.45, 7) is 1.48. The molecule has 2 heterocycles. The van der Waals surface area contributed by atoms with Crippen molar-refractivity contribution in [3.8, 4) is 6.07 Å². The van der Waals surface area contributed by atoms with E-state index in [0.717, 1.165) is 13.0 Å². The van der Waals surface area contributed by atoms with E-state index in [2.05, 4.69) is 9.97 Å². The zero-order valence-electron chi connectivity index (χ0n) is 9.20. The first-order valence-electron chi connectivity index (χ1n) is 5.38. The van der Waals surface area contributed by atoms with Gasteiger partial charge in [-0.05, 0) is 12.3 Å². The number of aliphatic carboxylic acids is 1. The summed E-state index contributed by atoms with van der Waals surface area (Å²) in [7, 11) is 0. The maximum Gasteiger partial charge on any atom is 0.303 e. The van der Waals surface area contributed by atoms with Gasteiger partial charge in [0.1, 0.15) is 11.9 Å². The molecular weight excluding hydrogens is 220 g/mol. The maximum absolute atomic E-state index is 10.6. The van der Waals surface area contributed by atoms with E-state index in [1.54, 1.807) is 6.20 Å². The lowest BCUT2D eigenvalue weighted by atomic mass is 10.1. The predicted octanol–water partition coefficient (Wildman–Crippen LogP) is 0.649. The minimum atomic E-state index is -0.761. The Balaban J connectivity index is 2.00. The summed E-state index contributed by atoms with van der Waals surface area (Å²) >= 11 is 0. The van der Waals surface area contributed by atoms with E-state index in [1.165, 1.54) is 6.20 Å². The van der Waals surface area contributed by atoms with E-state index in [-0.39, 0.29) is 18.0 Å². The van der Waals surface area contributed by atoms with Crippen LogP contribution in [0.25, 0.3) is 0 Å². The number of nitriles is 1. The first kappa shape index (κ1) is 11.3. The molecular formula is C11H12N4O2. The van der Waals surface area contributed by atoms with Crippen molar-refractivity contribution in [2.45, 2.75) is 12.8 Å². The maximum atomic E-state index is 10.6. The summed E-state index contributed by atoms with van der Waals surface area (Å²) in [6.07, 6.45) is 4.04. The number of carboxylic acid groups (broad SMARTS) is 1. The summed E-state index contributed by atoms with van der Waals surface area (Å²) in [5.74, 6) is 0.115. The number of rotatable bonds is 3. The van der Waals surface area contributed by atoms with Crippen LogP contribution in [0.2, 0.25) is 0 Å². The second-order valence-electron chi connectivity index (χ2n) is 4.07. The Morgan fingerprint density at radius 2 is 2.41 bits per heavy atom. The van der Waals surface area contributed by atoms with Crippen LogP contribution in [0.5, 0.6) is 0 Å². The highest BCUT2D eigenvalue weighted by molar-refractivity contribution is 5.67. The van der Waals surface area contributed by atoms with Gasteiger partial charge in [0.15, 0.2) is 5.69 Å². The van der Waals surface area contributed by atoms with Gasteiger partial charge in [-0.25, -0.2) is 9.97 Å². The Morgan fingerprint density at radius 1 is 1.59 bits per heavy atom. The fraction of sp³-hybridized carbons (Fsp3) is 0.455. The Morgan fingerprint density at radius 3 is 3.00 bits per heavy atom. The monoisotopic (exact) mass is 232 g/mol. The van der Waals surface area contributed by atoms with Gasteiger partial charge >= 0.3 is 5.97 Å². The van der Waals surface area contributed by atoms with Crippen LogP contribution in [0.3, 0.4) is 0 Å². The van der Waals surface area contributed by atoms with Crippen molar-refractivity contribution in [2.24, 2.45) is 5.92 Å². The second-order valence-corrected chi connectivity index (χ2v) is 4.07. The molecule has 0 spiro atoms. The molecule has 1 aliphatic heterocycles. The van der Waals surface area contributed by atoms with Crippen molar-refractivity contribution in [3.63, 3.8) is 0 Å². The second kappa shape index (κ2) is 4.78. The number of carboxylic acids is 1. The standard InChI is InChI=1S/C11H12N4O2/c12-4-9-5-14-10(6-13-9)15-2-1-8(7-15)3-11(16)17/h5-6,8H,1-3,7H2,(H,16,17). The van der Waals surface area contributed by atoms with Gasteiger partial charge < -0.3 is 10.0 Å². The van der Waals surface area contributed by atoms with Crippen LogP contribution < -0.4 is 4.90 Å². The molecule has 1 atom stereocenters. The van der Waals surface area contributed by atoms with E-state index in [0.29, 0.717) is 12.4 Å². The molecule has 0 amide bonds. The molecule has 88 valence electrons. The first-order chi connectivity index (χ1) is 8.19. The van der Waals surface area contributed by atoms with Crippen molar-refractivity contribution in [3.05, 3.63) is 18.1 Å². The molecule has 0 saturated carbocycles. The molecule has 1 unspecified atom stereocenters. The topological polar surface area (TPSA) is 90.1 Å². The Labute approximate surface area is 98.5 Å². The zero-order chi connectivity index (χ0) is 12.3. The fourth-order valence-corrected chi connectivity index (χ4v) is 2.00. The third kappa shape index (κ3) is 2.69. The minimum Gasteiger partial charge on any atom is -0.481 e. The van der Waals surface area contributed by atoms with Gasteiger partial charge in [-0.1, -0.05) is 0 Å². The van der Waals surface area contributed by atoms with Crippen LogP contribution >= 0.6 is 0 Å². The lowest BCUT2D eigenvalue weighted by Crippen LogP contribution is -2.21. The Hall–Kier alpha value is -2.16. The fourth-order valence-electron chi connectivity index (χ4n) is 2.00. The average Bonchev–Trinajstić information content (AvgIpc) is 2.77. The molecule has 1 N–H and O–H groups in total. The molecule has 1 aromatic rings. The first-order valence-corrected chi connectivity index (χ1v) is 5.38. The number of nitrogens with zero attached hydrogens (tertiary/aromatic N) is 4. The summed E-state index contributed by atoms with van der Waals surface area (Å²) in [5, 5.41) is 17.3. The normalized spacial score (nSPS) is 19.0. The molecule has 0 bridgehead atoms. The van der Waals surface area contributed by atoms with Crippen molar-refractivity contribution >= 4 is 11.8 Å². The zero-order valence-corrected chi connectivity index (χ0v) is 9.20. The van der Waals surface area contributed by atoms with Crippen molar-refractivity contribution in [1.29, 1.82) is 5.26 Å². The number of hydrogen-bond donors (Lipinski definition) is 1. The molecule has 0 aliphatic carbocycles. The van der Waals surface area contributed by atoms with Gasteiger partial charge in [0.25, 0.3) is 0 Å². The Kier molecular flexibility index (Phi) is 3.19. The van der Waals surface area contributed by atoms with E-state index < -0.39 is 5.97 Å². The molecule has 2 rings (SSSR count). The van der Waals surface area contributed by atoms with E-state index in [1.807, 2.05) is 11.0 Å². The third-order valence-corrected chi connectivity index (χ3v) is 2.83. The highest BCUT2D eigenvalue weighted by Crippen LogP contribution is 2.23. The van der Waals surface area contributed by atoms with Crippen LogP contribution in [0, 0.1) is 17.2 Å². The van der Waals surface area contributed by atoms with Gasteiger partial charge in [-0.2, -0.15) is 5.26 Å². The van der Waals surface area contributed by atoms with Crippen molar-refractivity contribution in [2.75, 3.05) is 18.0 Å². The number of carbonyl (C=O) groups is 1. The van der Waals surface area contributed by atoms with Gasteiger partial charge in [0.2, 0.25) is 0 Å². The lowest BCUT2D eigenvalue weighted by molar-refractivity contribution is -0.137. The van der Waals surface area contributed by atoms with E-state index in [9.17, 15) is 4.79 Å². The summed E-state index contributed by atoms with van der Waals surface area (Å²) in [4.78, 5) is 20.7. The molecule has 1 saturated heterocycles. The number of aromatic nitrogens is 2. The minimum absolute atomic E-state index is 0.171. The van der Waals surface area contributed by atoms with Crippen LogP contribution in [-0.2, 0) is 4.79 Å². The Bertz CT molecular complexity index is 452. The van der Waals surface area contributed by atoms with Gasteiger partial charge in [0.05, 0.1) is 12.4 Å². The van der Waals surface area contributed by atoms with Gasteiger partial charge in [-0.3, -0.25) is 4.79 Å².